The minimum Gasteiger partial charge on any atom is -0.490 e. The maximum atomic E-state index is 13.6. The maximum Gasteiger partial charge on any atom is 0.274 e. The van der Waals surface area contributed by atoms with E-state index in [-0.39, 0.29) is 5.91 Å². The van der Waals surface area contributed by atoms with Gasteiger partial charge in [-0.2, -0.15) is 5.10 Å². The molecule has 0 fully saturated rings. The number of benzene rings is 2. The highest BCUT2D eigenvalue weighted by atomic mass is 79.9. The maximum absolute atomic E-state index is 13.6. The van der Waals surface area contributed by atoms with Crippen molar-refractivity contribution in [1.29, 1.82) is 0 Å². The topological polar surface area (TPSA) is 64.8 Å². The Labute approximate surface area is 252 Å². The van der Waals surface area contributed by atoms with Gasteiger partial charge in [-0.25, -0.2) is 5.43 Å². The molecule has 1 amide bonds. The van der Waals surface area contributed by atoms with Crippen molar-refractivity contribution in [2.75, 3.05) is 6.61 Å². The molecule has 0 saturated heterocycles. The number of nitrogens with zero attached hydrogens (tertiary/aromatic N) is 2. The number of fused-ring (bicyclic) bond motifs is 1. The van der Waals surface area contributed by atoms with Gasteiger partial charge < -0.3 is 14.0 Å². The first-order valence-electron chi connectivity index (χ1n) is 13.3. The number of rotatable bonds is 9. The number of aromatic nitrogens is 1. The molecule has 5 rings (SSSR count). The third-order valence-electron chi connectivity index (χ3n) is 6.89. The molecule has 0 radical (unpaired) electrons. The van der Waals surface area contributed by atoms with E-state index >= 15 is 0 Å². The summed E-state index contributed by atoms with van der Waals surface area (Å²) in [4.78, 5) is 14.9. The Bertz CT molecular complexity index is 1540. The Morgan fingerprint density at radius 3 is 2.50 bits per heavy atom. The standard InChI is InChI=1S/C31H31BrClN3O3S/c1-4-38-26-15-22(25(32)16-27(26)39-18-21-11-13-23(33)14-12-21)17-34-35-30(37)29-24-7-5-6-8-28(24)40-31(29)36-19(2)9-10-20(36)3/h9-17H,4-8,18H2,1-3H3,(H,35,37)/b34-17-. The Balaban J connectivity index is 1.36. The highest BCUT2D eigenvalue weighted by Crippen LogP contribution is 2.38. The number of ether oxygens (including phenoxy) is 2. The molecule has 6 nitrogen and oxygen atoms in total. The average Bonchev–Trinajstić information content (AvgIpc) is 3.48. The quantitative estimate of drug-likeness (QED) is 0.148. The predicted octanol–water partition coefficient (Wildman–Crippen LogP) is 8.19. The molecule has 208 valence electrons. The highest BCUT2D eigenvalue weighted by molar-refractivity contribution is 9.10. The van der Waals surface area contributed by atoms with E-state index in [0.29, 0.717) is 29.7 Å². The number of hydrogen-bond acceptors (Lipinski definition) is 5. The lowest BCUT2D eigenvalue weighted by Crippen LogP contribution is -2.21. The molecule has 0 atom stereocenters. The van der Waals surface area contributed by atoms with Crippen LogP contribution in [0.5, 0.6) is 11.5 Å². The summed E-state index contributed by atoms with van der Waals surface area (Å²) < 4.78 is 14.8. The van der Waals surface area contributed by atoms with Gasteiger partial charge in [0.05, 0.1) is 18.4 Å². The van der Waals surface area contributed by atoms with E-state index in [1.807, 2.05) is 43.3 Å². The molecule has 2 aromatic heterocycles. The second-order valence-electron chi connectivity index (χ2n) is 9.71. The lowest BCUT2D eigenvalue weighted by Gasteiger charge is -2.14. The van der Waals surface area contributed by atoms with E-state index < -0.39 is 0 Å². The molecule has 0 unspecified atom stereocenters. The van der Waals surface area contributed by atoms with Crippen LogP contribution in [0.4, 0.5) is 0 Å². The van der Waals surface area contributed by atoms with Crippen molar-refractivity contribution in [2.45, 2.75) is 53.1 Å². The zero-order chi connectivity index (χ0) is 28.2. The Kier molecular flexibility index (Phi) is 8.98. The van der Waals surface area contributed by atoms with Crippen LogP contribution < -0.4 is 14.9 Å². The summed E-state index contributed by atoms with van der Waals surface area (Å²) in [6.45, 7) is 6.92. The van der Waals surface area contributed by atoms with Gasteiger partial charge in [0.1, 0.15) is 11.6 Å². The third-order valence-corrected chi connectivity index (χ3v) is 9.11. The molecule has 1 aliphatic rings. The number of aryl methyl sites for hydroxylation is 3. The number of amides is 1. The van der Waals surface area contributed by atoms with E-state index in [9.17, 15) is 4.79 Å². The SMILES string of the molecule is CCOc1cc(/C=N\NC(=O)c2c(-n3c(C)ccc3C)sc3c2CCCC3)c(Br)cc1OCc1ccc(Cl)cc1. The largest absolute Gasteiger partial charge is 0.490 e. The zero-order valence-electron chi connectivity index (χ0n) is 22.7. The fraction of sp³-hybridized carbons (Fsp3) is 0.290. The molecule has 0 bridgehead atoms. The molecule has 1 aliphatic carbocycles. The lowest BCUT2D eigenvalue weighted by atomic mass is 9.95. The van der Waals surface area contributed by atoms with Crippen molar-refractivity contribution in [3.05, 3.63) is 96.5 Å². The Morgan fingerprint density at radius 1 is 1.07 bits per heavy atom. The van der Waals surface area contributed by atoms with Crippen molar-refractivity contribution in [2.24, 2.45) is 5.10 Å². The van der Waals surface area contributed by atoms with Gasteiger partial charge in [0.15, 0.2) is 11.5 Å². The first kappa shape index (κ1) is 28.5. The van der Waals surface area contributed by atoms with E-state index in [2.05, 4.69) is 57.0 Å². The highest BCUT2D eigenvalue weighted by Gasteiger charge is 2.27. The lowest BCUT2D eigenvalue weighted by molar-refractivity contribution is 0.0954. The van der Waals surface area contributed by atoms with E-state index in [0.717, 1.165) is 68.8 Å². The van der Waals surface area contributed by atoms with Gasteiger partial charge in [0.2, 0.25) is 0 Å². The van der Waals surface area contributed by atoms with Crippen LogP contribution in [0.2, 0.25) is 5.02 Å². The summed E-state index contributed by atoms with van der Waals surface area (Å²) in [5.74, 6) is 1.01. The summed E-state index contributed by atoms with van der Waals surface area (Å²) >= 11 is 11.3. The van der Waals surface area contributed by atoms with Crippen LogP contribution in [0.25, 0.3) is 5.00 Å². The Hall–Kier alpha value is -3.07. The molecule has 9 heteroatoms. The second kappa shape index (κ2) is 12.6. The second-order valence-corrected chi connectivity index (χ2v) is 12.1. The number of hydrogen-bond donors (Lipinski definition) is 1. The van der Waals surface area contributed by atoms with E-state index in [1.54, 1.807) is 17.6 Å². The van der Waals surface area contributed by atoms with Crippen LogP contribution in [0.3, 0.4) is 0 Å². The van der Waals surface area contributed by atoms with Gasteiger partial charge in [0, 0.05) is 31.3 Å². The molecular weight excluding hydrogens is 610 g/mol. The van der Waals surface area contributed by atoms with Crippen LogP contribution in [-0.2, 0) is 19.4 Å². The number of nitrogens with one attached hydrogen (secondary N) is 1. The average molecular weight is 641 g/mol. The van der Waals surface area contributed by atoms with Crippen molar-refractivity contribution in [3.8, 4) is 16.5 Å². The van der Waals surface area contributed by atoms with Crippen LogP contribution >= 0.6 is 38.9 Å². The van der Waals surface area contributed by atoms with Crippen LogP contribution in [0, 0.1) is 13.8 Å². The summed E-state index contributed by atoms with van der Waals surface area (Å²) in [5, 5.41) is 6.00. The molecule has 1 N–H and O–H groups in total. The van der Waals surface area contributed by atoms with E-state index in [4.69, 9.17) is 21.1 Å². The van der Waals surface area contributed by atoms with Crippen LogP contribution in [0.15, 0.2) is 58.1 Å². The number of thiophene rings is 1. The van der Waals surface area contributed by atoms with Crippen molar-refractivity contribution in [3.63, 3.8) is 0 Å². The number of halogens is 2. The summed E-state index contributed by atoms with van der Waals surface area (Å²) in [7, 11) is 0. The molecule has 40 heavy (non-hydrogen) atoms. The third kappa shape index (κ3) is 6.14. The van der Waals surface area contributed by atoms with Gasteiger partial charge >= 0.3 is 0 Å². The van der Waals surface area contributed by atoms with Crippen molar-refractivity contribution < 1.29 is 14.3 Å². The van der Waals surface area contributed by atoms with Crippen LogP contribution in [-0.4, -0.2) is 23.3 Å². The minimum absolute atomic E-state index is 0.192. The fourth-order valence-corrected chi connectivity index (χ4v) is 6.98. The Morgan fingerprint density at radius 2 is 1.77 bits per heavy atom. The monoisotopic (exact) mass is 639 g/mol. The van der Waals surface area contributed by atoms with Gasteiger partial charge in [-0.1, -0.05) is 23.7 Å². The van der Waals surface area contributed by atoms with Gasteiger partial charge in [0.25, 0.3) is 5.91 Å². The van der Waals surface area contributed by atoms with Gasteiger partial charge in [-0.15, -0.1) is 11.3 Å². The first-order valence-corrected chi connectivity index (χ1v) is 15.3. The first-order chi connectivity index (χ1) is 19.4. The fourth-order valence-electron chi connectivity index (χ4n) is 4.92. The summed E-state index contributed by atoms with van der Waals surface area (Å²) in [6, 6.07) is 15.4. The summed E-state index contributed by atoms with van der Waals surface area (Å²) in [5.41, 5.74) is 8.66. The molecule has 4 aromatic rings. The molecule has 2 aromatic carbocycles. The van der Waals surface area contributed by atoms with Crippen molar-refractivity contribution >= 4 is 51.0 Å². The molecule has 0 spiro atoms. The number of hydrazone groups is 1. The zero-order valence-corrected chi connectivity index (χ0v) is 25.9. The number of carbonyl (C=O) groups excluding carboxylic acids is 1. The van der Waals surface area contributed by atoms with Gasteiger partial charge in [-0.05, 0) is 110 Å². The summed E-state index contributed by atoms with van der Waals surface area (Å²) in [6.07, 6.45) is 5.81. The predicted molar refractivity (Wildman–Crippen MR) is 166 cm³/mol. The molecule has 2 heterocycles. The van der Waals surface area contributed by atoms with Gasteiger partial charge in [-0.3, -0.25) is 4.79 Å². The molecular formula is C31H31BrClN3O3S. The normalized spacial score (nSPS) is 12.9. The smallest absolute Gasteiger partial charge is 0.274 e. The molecule has 0 saturated carbocycles. The minimum atomic E-state index is -0.192. The molecule has 0 aliphatic heterocycles. The van der Waals surface area contributed by atoms with Crippen molar-refractivity contribution in [1.82, 2.24) is 9.99 Å². The van der Waals surface area contributed by atoms with E-state index in [1.165, 1.54) is 4.88 Å². The number of carbonyl (C=O) groups is 1. The van der Waals surface area contributed by atoms with Crippen LogP contribution in [0.1, 0.15) is 63.1 Å².